The number of fused-ring (bicyclic) bond motifs is 1. The Labute approximate surface area is 322 Å². The molecule has 3 heterocycles. The van der Waals surface area contributed by atoms with E-state index in [0.29, 0.717) is 6.42 Å². The minimum absolute atomic E-state index is 0.0428. The number of likely N-dealkylation sites (N-methyl/N-ethyl adjacent to an activating group) is 1. The molecule has 308 valence electrons. The molecule has 0 unspecified atom stereocenters. The summed E-state index contributed by atoms with van der Waals surface area (Å²) in [5.74, 6) is -6.18. The molecule has 4 rings (SSSR count). The molecule has 1 aromatic carbocycles. The van der Waals surface area contributed by atoms with Gasteiger partial charge in [0.1, 0.15) is 29.8 Å². The highest BCUT2D eigenvalue weighted by Crippen LogP contribution is 2.42. The Balaban J connectivity index is 1.88. The topological polar surface area (TPSA) is 226 Å². The second kappa shape index (κ2) is 17.1. The Morgan fingerprint density at radius 3 is 2.25 bits per heavy atom. The van der Waals surface area contributed by atoms with E-state index in [-0.39, 0.29) is 23.4 Å². The molecular weight excluding hydrogens is 742 g/mol. The van der Waals surface area contributed by atoms with Crippen LogP contribution in [0.4, 0.5) is 9.59 Å². The predicted molar refractivity (Wildman–Crippen MR) is 194 cm³/mol. The SMILES string of the molecule is CC[C@H]1OC(=O)[C@H](C)C(=O)[C@H](C)[C@@H](O[C@@H]2O[C@H](C)C[C@H](N(C)C)[C@H]2O)[C@@](C)(OC(=O)NS(=O)(=O)c2ccccc2)C[C@@H](C)/C(=N\O)[C@H](C)[C@H]2OC(=O)O[C@@]21C. The molecule has 18 heteroatoms. The average molecular weight is 798 g/mol. The van der Waals surface area contributed by atoms with E-state index in [2.05, 4.69) is 5.16 Å². The van der Waals surface area contributed by atoms with Crippen molar-refractivity contribution >= 4 is 39.7 Å². The number of hydrogen-bond acceptors (Lipinski definition) is 16. The van der Waals surface area contributed by atoms with Crippen LogP contribution in [0.15, 0.2) is 40.4 Å². The molecule has 1 amide bonds. The van der Waals surface area contributed by atoms with Crippen LogP contribution in [0.3, 0.4) is 0 Å². The van der Waals surface area contributed by atoms with Crippen molar-refractivity contribution in [2.75, 3.05) is 14.1 Å². The quantitative estimate of drug-likeness (QED) is 0.118. The Kier molecular flexibility index (Phi) is 13.7. The van der Waals surface area contributed by atoms with Gasteiger partial charge in [0, 0.05) is 23.8 Å². The molecule has 0 radical (unpaired) electrons. The van der Waals surface area contributed by atoms with Gasteiger partial charge in [-0.2, -0.15) is 0 Å². The minimum atomic E-state index is -4.46. The zero-order valence-electron chi connectivity index (χ0n) is 33.0. The van der Waals surface area contributed by atoms with Crippen LogP contribution in [-0.4, -0.2) is 121 Å². The van der Waals surface area contributed by atoms with E-state index in [1.807, 2.05) is 4.72 Å². The van der Waals surface area contributed by atoms with E-state index >= 15 is 0 Å². The number of rotatable bonds is 7. The lowest BCUT2D eigenvalue weighted by Crippen LogP contribution is -2.60. The Morgan fingerprint density at radius 1 is 1.04 bits per heavy atom. The van der Waals surface area contributed by atoms with Crippen molar-refractivity contribution in [2.24, 2.45) is 28.8 Å². The van der Waals surface area contributed by atoms with E-state index in [1.54, 1.807) is 52.8 Å². The number of carbonyl (C=O) groups excluding carboxylic acids is 4. The van der Waals surface area contributed by atoms with E-state index in [4.69, 9.17) is 28.4 Å². The van der Waals surface area contributed by atoms with E-state index in [1.165, 1.54) is 52.0 Å². The van der Waals surface area contributed by atoms with Crippen LogP contribution in [0.1, 0.15) is 74.7 Å². The standard InChI is InChI=1S/C37H55N3O14S/c1-11-26-37(8)31(52-35(45)54-37)21(4)27(38-46)19(2)18-36(7,53-34(44)39-55(47,48)24-15-13-12-14-16-24)30(22(5)28(41)23(6)32(43)50-26)51-33-29(42)25(40(9)10)17-20(3)49-33/h12-16,19-23,25-26,29-31,33,42,46H,11,17-18H2,1-10H3,(H,39,44)/b38-27+/t19-,20-,21+,22+,23-,25+,26-,29-,30-,31-,33+,36+,37-/m1/s1. The first-order valence-corrected chi connectivity index (χ1v) is 19.9. The molecule has 3 aliphatic heterocycles. The van der Waals surface area contributed by atoms with Crippen molar-refractivity contribution in [2.45, 2.75) is 134 Å². The molecule has 55 heavy (non-hydrogen) atoms. The van der Waals surface area contributed by atoms with E-state index < -0.39 is 112 Å². The summed E-state index contributed by atoms with van der Waals surface area (Å²) in [6, 6.07) is 6.64. The van der Waals surface area contributed by atoms with Crippen LogP contribution in [0, 0.1) is 23.7 Å². The summed E-state index contributed by atoms with van der Waals surface area (Å²) in [5.41, 5.74) is -3.54. The number of esters is 1. The minimum Gasteiger partial charge on any atom is -0.457 e. The molecule has 3 N–H and O–H groups in total. The van der Waals surface area contributed by atoms with Crippen LogP contribution < -0.4 is 4.72 Å². The highest BCUT2D eigenvalue weighted by molar-refractivity contribution is 7.90. The maximum Gasteiger partial charge on any atom is 0.509 e. The summed E-state index contributed by atoms with van der Waals surface area (Å²) in [5, 5.41) is 25.6. The molecule has 0 bridgehead atoms. The van der Waals surface area contributed by atoms with Gasteiger partial charge < -0.3 is 43.6 Å². The smallest absolute Gasteiger partial charge is 0.457 e. The van der Waals surface area contributed by atoms with Crippen LogP contribution in [0.5, 0.6) is 0 Å². The Bertz CT molecular complexity index is 1710. The van der Waals surface area contributed by atoms with Crippen LogP contribution in [0.25, 0.3) is 0 Å². The molecule has 3 saturated heterocycles. The number of nitrogens with zero attached hydrogens (tertiary/aromatic N) is 2. The van der Waals surface area contributed by atoms with Crippen molar-refractivity contribution in [3.8, 4) is 0 Å². The van der Waals surface area contributed by atoms with E-state index in [0.717, 1.165) is 0 Å². The van der Waals surface area contributed by atoms with Gasteiger partial charge in [-0.25, -0.2) is 22.7 Å². The van der Waals surface area contributed by atoms with Crippen molar-refractivity contribution in [3.63, 3.8) is 0 Å². The van der Waals surface area contributed by atoms with Crippen molar-refractivity contribution < 1.29 is 66.3 Å². The highest BCUT2D eigenvalue weighted by atomic mass is 32.2. The lowest BCUT2D eigenvalue weighted by Gasteiger charge is -2.47. The zero-order chi connectivity index (χ0) is 41.2. The molecule has 13 atom stereocenters. The van der Waals surface area contributed by atoms with Gasteiger partial charge in [-0.05, 0) is 73.2 Å². The molecule has 17 nitrogen and oxygen atoms in total. The third-order valence-corrected chi connectivity index (χ3v) is 12.4. The first kappa shape index (κ1) is 43.9. The summed E-state index contributed by atoms with van der Waals surface area (Å²) < 4.78 is 64.1. The fraction of sp³-hybridized carbons (Fsp3) is 0.703. The van der Waals surface area contributed by atoms with Crippen LogP contribution in [-0.2, 0) is 48.0 Å². The number of nitrogens with one attached hydrogen (secondary N) is 1. The molecule has 3 fully saturated rings. The van der Waals surface area contributed by atoms with Crippen LogP contribution >= 0.6 is 0 Å². The molecular formula is C37H55N3O14S. The number of benzene rings is 1. The largest absolute Gasteiger partial charge is 0.509 e. The lowest BCUT2D eigenvalue weighted by atomic mass is 9.74. The number of sulfonamides is 1. The van der Waals surface area contributed by atoms with Crippen molar-refractivity contribution in [3.05, 3.63) is 30.3 Å². The molecule has 0 aliphatic carbocycles. The Morgan fingerprint density at radius 2 is 1.67 bits per heavy atom. The third-order valence-electron chi connectivity index (χ3n) is 11.1. The number of Topliss-reactive ketones (excluding diaryl/α,β-unsaturated/α-hetero) is 1. The number of oxime groups is 1. The molecule has 0 saturated carbocycles. The summed E-state index contributed by atoms with van der Waals surface area (Å²) in [6.07, 6.45) is -9.06. The predicted octanol–water partition coefficient (Wildman–Crippen LogP) is 3.63. The van der Waals surface area contributed by atoms with Gasteiger partial charge in [0.25, 0.3) is 10.0 Å². The summed E-state index contributed by atoms with van der Waals surface area (Å²) in [4.78, 5) is 56.1. The highest BCUT2D eigenvalue weighted by Gasteiger charge is 2.59. The number of aliphatic hydroxyl groups excluding tert-OH is 1. The van der Waals surface area contributed by atoms with Gasteiger partial charge >= 0.3 is 18.2 Å². The summed E-state index contributed by atoms with van der Waals surface area (Å²) in [7, 11) is -0.916. The van der Waals surface area contributed by atoms with Crippen molar-refractivity contribution in [1.29, 1.82) is 0 Å². The second-order valence-electron chi connectivity index (χ2n) is 15.5. The lowest BCUT2D eigenvalue weighted by molar-refractivity contribution is -0.292. The monoisotopic (exact) mass is 797 g/mol. The van der Waals surface area contributed by atoms with Gasteiger partial charge in [-0.3, -0.25) is 9.59 Å². The average Bonchev–Trinajstić information content (AvgIpc) is 3.43. The summed E-state index contributed by atoms with van der Waals surface area (Å²) >= 11 is 0. The molecule has 1 aromatic rings. The molecule has 0 spiro atoms. The number of ether oxygens (including phenoxy) is 6. The van der Waals surface area contributed by atoms with Crippen molar-refractivity contribution in [1.82, 2.24) is 9.62 Å². The van der Waals surface area contributed by atoms with Gasteiger partial charge in [-0.1, -0.05) is 51.0 Å². The zero-order valence-corrected chi connectivity index (χ0v) is 33.8. The first-order chi connectivity index (χ1) is 25.6. The Hall–Kier alpha value is -3.84. The van der Waals surface area contributed by atoms with Gasteiger partial charge in [0.15, 0.2) is 23.8 Å². The molecule has 0 aromatic heterocycles. The first-order valence-electron chi connectivity index (χ1n) is 18.4. The fourth-order valence-corrected chi connectivity index (χ4v) is 9.04. The number of carbonyl (C=O) groups is 4. The number of amides is 1. The summed E-state index contributed by atoms with van der Waals surface area (Å²) in [6.45, 7) is 12.4. The number of aliphatic hydroxyl groups is 1. The fourth-order valence-electron chi connectivity index (χ4n) is 8.15. The van der Waals surface area contributed by atoms with Gasteiger partial charge in [-0.15, -0.1) is 0 Å². The third kappa shape index (κ3) is 9.25. The van der Waals surface area contributed by atoms with Gasteiger partial charge in [0.2, 0.25) is 0 Å². The second-order valence-corrected chi connectivity index (χ2v) is 17.2. The normalized spacial score (nSPS) is 38.7. The molecule has 3 aliphatic rings. The van der Waals surface area contributed by atoms with Gasteiger partial charge in [0.05, 0.1) is 16.7 Å². The van der Waals surface area contributed by atoms with Crippen LogP contribution in [0.2, 0.25) is 0 Å². The number of hydrogen-bond donors (Lipinski definition) is 3. The maximum atomic E-state index is 14.4. The number of cyclic esters (lactones) is 1. The van der Waals surface area contributed by atoms with E-state index in [9.17, 15) is 37.9 Å². The number of ketones is 1. The maximum absolute atomic E-state index is 14.4.